The first-order valence-electron chi connectivity index (χ1n) is 7.29. The van der Waals surface area contributed by atoms with Crippen LogP contribution >= 0.6 is 0 Å². The van der Waals surface area contributed by atoms with Crippen molar-refractivity contribution in [1.29, 1.82) is 0 Å². The predicted molar refractivity (Wildman–Crippen MR) is 79.2 cm³/mol. The van der Waals surface area contributed by atoms with E-state index in [4.69, 9.17) is 4.74 Å². The molecule has 1 N–H and O–H groups in total. The first-order valence-corrected chi connectivity index (χ1v) is 7.29. The molecule has 0 radical (unpaired) electrons. The van der Waals surface area contributed by atoms with Gasteiger partial charge < -0.3 is 14.6 Å². The standard InChI is InChI=1S/C16H18FN3O2/c1-11-8-18-16(19-11)12-5-6-20(9-12)15(21)10-22-14-4-2-3-13(17)7-14/h2-4,7-8,12H,5-6,9-10H2,1H3,(H,18,19)/t12-/m0/s1. The number of nitrogens with one attached hydrogen (secondary N) is 1. The van der Waals surface area contributed by atoms with E-state index in [1.807, 2.05) is 6.92 Å². The van der Waals surface area contributed by atoms with Crippen LogP contribution < -0.4 is 4.74 Å². The zero-order valence-corrected chi connectivity index (χ0v) is 12.4. The third-order valence-electron chi connectivity index (χ3n) is 3.81. The number of halogens is 1. The number of hydrogen-bond acceptors (Lipinski definition) is 3. The van der Waals surface area contributed by atoms with Crippen LogP contribution in [0, 0.1) is 12.7 Å². The van der Waals surface area contributed by atoms with E-state index in [9.17, 15) is 9.18 Å². The summed E-state index contributed by atoms with van der Waals surface area (Å²) in [6.45, 7) is 3.21. The highest BCUT2D eigenvalue weighted by Gasteiger charge is 2.29. The molecule has 1 aromatic carbocycles. The van der Waals surface area contributed by atoms with Gasteiger partial charge in [0.2, 0.25) is 0 Å². The summed E-state index contributed by atoms with van der Waals surface area (Å²) in [6, 6.07) is 5.80. The number of amides is 1. The minimum absolute atomic E-state index is 0.0760. The molecule has 5 nitrogen and oxygen atoms in total. The molecule has 1 aromatic heterocycles. The summed E-state index contributed by atoms with van der Waals surface area (Å²) >= 11 is 0. The summed E-state index contributed by atoms with van der Waals surface area (Å²) in [6.07, 6.45) is 2.69. The number of imidazole rings is 1. The number of benzene rings is 1. The largest absolute Gasteiger partial charge is 0.484 e. The van der Waals surface area contributed by atoms with Crippen LogP contribution in [0.4, 0.5) is 4.39 Å². The lowest BCUT2D eigenvalue weighted by atomic mass is 10.1. The van der Waals surface area contributed by atoms with Crippen molar-refractivity contribution < 1.29 is 13.9 Å². The Morgan fingerprint density at radius 1 is 1.55 bits per heavy atom. The molecule has 3 rings (SSSR count). The van der Waals surface area contributed by atoms with E-state index in [-0.39, 0.29) is 24.2 Å². The van der Waals surface area contributed by atoms with Crippen molar-refractivity contribution in [2.24, 2.45) is 0 Å². The molecule has 0 bridgehead atoms. The Balaban J connectivity index is 1.53. The van der Waals surface area contributed by atoms with E-state index in [0.717, 1.165) is 17.9 Å². The molecule has 1 saturated heterocycles. The van der Waals surface area contributed by atoms with Gasteiger partial charge in [-0.25, -0.2) is 9.37 Å². The molecule has 1 aliphatic rings. The molecule has 0 spiro atoms. The van der Waals surface area contributed by atoms with Gasteiger partial charge in [0, 0.05) is 37.0 Å². The molecule has 0 unspecified atom stereocenters. The fourth-order valence-electron chi connectivity index (χ4n) is 2.64. The molecular formula is C16H18FN3O2. The Morgan fingerprint density at radius 3 is 3.14 bits per heavy atom. The molecule has 0 saturated carbocycles. The van der Waals surface area contributed by atoms with Crippen molar-refractivity contribution in [3.8, 4) is 5.75 Å². The molecular weight excluding hydrogens is 285 g/mol. The number of aromatic nitrogens is 2. The number of carbonyl (C=O) groups excluding carboxylic acids is 1. The van der Waals surface area contributed by atoms with Crippen LogP contribution in [0.25, 0.3) is 0 Å². The van der Waals surface area contributed by atoms with Gasteiger partial charge >= 0.3 is 0 Å². The number of carbonyl (C=O) groups is 1. The van der Waals surface area contributed by atoms with Gasteiger partial charge in [-0.15, -0.1) is 0 Å². The number of rotatable bonds is 4. The number of H-pyrrole nitrogens is 1. The second-order valence-corrected chi connectivity index (χ2v) is 5.52. The molecule has 2 aromatic rings. The van der Waals surface area contributed by atoms with Crippen molar-refractivity contribution in [3.05, 3.63) is 47.8 Å². The van der Waals surface area contributed by atoms with E-state index in [0.29, 0.717) is 18.8 Å². The van der Waals surface area contributed by atoms with Gasteiger partial charge in [0.1, 0.15) is 17.4 Å². The highest BCUT2D eigenvalue weighted by molar-refractivity contribution is 5.78. The van der Waals surface area contributed by atoms with Gasteiger partial charge in [-0.1, -0.05) is 6.07 Å². The zero-order valence-electron chi connectivity index (χ0n) is 12.4. The maximum atomic E-state index is 13.0. The first-order chi connectivity index (χ1) is 10.6. The molecule has 1 aliphatic heterocycles. The SMILES string of the molecule is Cc1cnc([C@H]2CCN(C(=O)COc3cccc(F)c3)C2)[nH]1. The summed E-state index contributed by atoms with van der Waals surface area (Å²) in [7, 11) is 0. The number of nitrogens with zero attached hydrogens (tertiary/aromatic N) is 2. The fraction of sp³-hybridized carbons (Fsp3) is 0.375. The average Bonchev–Trinajstić information content (AvgIpc) is 3.13. The normalized spacial score (nSPS) is 17.7. The van der Waals surface area contributed by atoms with Crippen LogP contribution in [-0.4, -0.2) is 40.5 Å². The molecule has 0 aliphatic carbocycles. The summed E-state index contributed by atoms with van der Waals surface area (Å²) in [5.41, 5.74) is 1.02. The number of aromatic amines is 1. The number of aryl methyl sites for hydroxylation is 1. The summed E-state index contributed by atoms with van der Waals surface area (Å²) in [5.74, 6) is 1.07. The van der Waals surface area contributed by atoms with E-state index in [1.54, 1.807) is 23.2 Å². The molecule has 1 amide bonds. The van der Waals surface area contributed by atoms with Crippen molar-refractivity contribution in [3.63, 3.8) is 0 Å². The molecule has 2 heterocycles. The minimum atomic E-state index is -0.376. The zero-order chi connectivity index (χ0) is 15.5. The molecule has 116 valence electrons. The Labute approximate surface area is 128 Å². The van der Waals surface area contributed by atoms with Crippen LogP contribution in [0.1, 0.15) is 23.9 Å². The Bertz CT molecular complexity index is 671. The van der Waals surface area contributed by atoms with Crippen LogP contribution in [0.15, 0.2) is 30.5 Å². The average molecular weight is 303 g/mol. The van der Waals surface area contributed by atoms with Crippen molar-refractivity contribution in [1.82, 2.24) is 14.9 Å². The van der Waals surface area contributed by atoms with Crippen molar-refractivity contribution >= 4 is 5.91 Å². The Kier molecular flexibility index (Phi) is 4.09. The summed E-state index contributed by atoms with van der Waals surface area (Å²) in [4.78, 5) is 21.5. The van der Waals surface area contributed by atoms with E-state index >= 15 is 0 Å². The van der Waals surface area contributed by atoms with Crippen LogP contribution in [0.5, 0.6) is 5.75 Å². The van der Waals surface area contributed by atoms with E-state index in [2.05, 4.69) is 9.97 Å². The topological polar surface area (TPSA) is 58.2 Å². The Morgan fingerprint density at radius 2 is 2.41 bits per heavy atom. The van der Waals surface area contributed by atoms with Gasteiger partial charge in [0.25, 0.3) is 5.91 Å². The first kappa shape index (κ1) is 14.6. The van der Waals surface area contributed by atoms with Gasteiger partial charge in [-0.2, -0.15) is 0 Å². The maximum Gasteiger partial charge on any atom is 0.260 e. The summed E-state index contributed by atoms with van der Waals surface area (Å²) in [5, 5.41) is 0. The lowest BCUT2D eigenvalue weighted by Gasteiger charge is -2.16. The minimum Gasteiger partial charge on any atom is -0.484 e. The maximum absolute atomic E-state index is 13.0. The number of likely N-dealkylation sites (tertiary alicyclic amines) is 1. The van der Waals surface area contributed by atoms with Crippen molar-refractivity contribution in [2.45, 2.75) is 19.3 Å². The third-order valence-corrected chi connectivity index (χ3v) is 3.81. The highest BCUT2D eigenvalue weighted by Crippen LogP contribution is 2.25. The van der Waals surface area contributed by atoms with Gasteiger partial charge in [-0.05, 0) is 25.5 Å². The van der Waals surface area contributed by atoms with Crippen LogP contribution in [-0.2, 0) is 4.79 Å². The van der Waals surface area contributed by atoms with Crippen molar-refractivity contribution in [2.75, 3.05) is 19.7 Å². The monoisotopic (exact) mass is 303 g/mol. The van der Waals surface area contributed by atoms with Crippen LogP contribution in [0.2, 0.25) is 0 Å². The highest BCUT2D eigenvalue weighted by atomic mass is 19.1. The predicted octanol–water partition coefficient (Wildman–Crippen LogP) is 2.25. The summed E-state index contributed by atoms with van der Waals surface area (Å²) < 4.78 is 18.4. The Hall–Kier alpha value is -2.37. The molecule has 22 heavy (non-hydrogen) atoms. The number of hydrogen-bond donors (Lipinski definition) is 1. The van der Waals surface area contributed by atoms with Gasteiger partial charge in [0.15, 0.2) is 6.61 Å². The van der Waals surface area contributed by atoms with E-state index in [1.165, 1.54) is 12.1 Å². The lowest BCUT2D eigenvalue weighted by molar-refractivity contribution is -0.132. The molecule has 1 fully saturated rings. The lowest BCUT2D eigenvalue weighted by Crippen LogP contribution is -2.32. The van der Waals surface area contributed by atoms with Crippen LogP contribution in [0.3, 0.4) is 0 Å². The second kappa shape index (κ2) is 6.17. The fourth-order valence-corrected chi connectivity index (χ4v) is 2.64. The third kappa shape index (κ3) is 3.27. The van der Waals surface area contributed by atoms with Gasteiger partial charge in [-0.3, -0.25) is 4.79 Å². The van der Waals surface area contributed by atoms with E-state index < -0.39 is 0 Å². The smallest absolute Gasteiger partial charge is 0.260 e. The van der Waals surface area contributed by atoms with Gasteiger partial charge in [0.05, 0.1) is 0 Å². The second-order valence-electron chi connectivity index (χ2n) is 5.52. The molecule has 1 atom stereocenters. The molecule has 6 heteroatoms. The number of ether oxygens (including phenoxy) is 1. The quantitative estimate of drug-likeness (QED) is 0.942.